The Morgan fingerprint density at radius 3 is 2.80 bits per heavy atom. The molecule has 2 heterocycles. The van der Waals surface area contributed by atoms with Crippen molar-refractivity contribution in [2.24, 2.45) is 5.92 Å². The molecule has 1 saturated heterocycles. The number of rotatable bonds is 2. The summed E-state index contributed by atoms with van der Waals surface area (Å²) in [7, 11) is 1.60. The zero-order chi connectivity index (χ0) is 14.1. The van der Waals surface area contributed by atoms with Gasteiger partial charge in [-0.1, -0.05) is 19.1 Å². The molecule has 0 unspecified atom stereocenters. The van der Waals surface area contributed by atoms with Gasteiger partial charge in [-0.25, -0.2) is 0 Å². The molecule has 4 nitrogen and oxygen atoms in total. The van der Waals surface area contributed by atoms with E-state index in [-0.39, 0.29) is 5.91 Å². The highest BCUT2D eigenvalue weighted by atomic mass is 16.5. The Balaban J connectivity index is 1.88. The number of likely N-dealkylation sites (tertiary alicyclic amines) is 1. The van der Waals surface area contributed by atoms with Crippen LogP contribution in [-0.4, -0.2) is 31.0 Å². The zero-order valence-corrected chi connectivity index (χ0v) is 11.9. The van der Waals surface area contributed by atoms with E-state index in [0.29, 0.717) is 23.0 Å². The van der Waals surface area contributed by atoms with Crippen LogP contribution in [0.25, 0.3) is 11.0 Å². The van der Waals surface area contributed by atoms with Crippen molar-refractivity contribution < 1.29 is 13.9 Å². The van der Waals surface area contributed by atoms with Crippen molar-refractivity contribution in [1.29, 1.82) is 0 Å². The van der Waals surface area contributed by atoms with Gasteiger partial charge in [0.15, 0.2) is 17.1 Å². The predicted octanol–water partition coefficient (Wildman–Crippen LogP) is 3.31. The molecule has 1 aliphatic rings. The molecule has 106 valence electrons. The van der Waals surface area contributed by atoms with Gasteiger partial charge in [0.1, 0.15) is 0 Å². The number of hydrogen-bond acceptors (Lipinski definition) is 3. The third kappa shape index (κ3) is 2.26. The molecule has 0 saturated carbocycles. The highest BCUT2D eigenvalue weighted by Crippen LogP contribution is 2.29. The van der Waals surface area contributed by atoms with Crippen LogP contribution in [0, 0.1) is 5.92 Å². The summed E-state index contributed by atoms with van der Waals surface area (Å²) in [5, 5.41) is 0.901. The highest BCUT2D eigenvalue weighted by molar-refractivity contribution is 5.97. The van der Waals surface area contributed by atoms with Crippen LogP contribution in [0.5, 0.6) is 5.75 Å². The lowest BCUT2D eigenvalue weighted by molar-refractivity contribution is 0.0667. The van der Waals surface area contributed by atoms with Gasteiger partial charge in [-0.05, 0) is 30.9 Å². The fourth-order valence-corrected chi connectivity index (χ4v) is 2.67. The molecule has 0 N–H and O–H groups in total. The minimum absolute atomic E-state index is 0.0184. The molecule has 1 amide bonds. The first-order valence-corrected chi connectivity index (χ1v) is 7.05. The number of benzene rings is 1. The second kappa shape index (κ2) is 5.19. The van der Waals surface area contributed by atoms with Crippen molar-refractivity contribution in [1.82, 2.24) is 4.90 Å². The molecule has 3 rings (SSSR count). The number of ether oxygens (including phenoxy) is 1. The van der Waals surface area contributed by atoms with Gasteiger partial charge >= 0.3 is 0 Å². The molecule has 0 spiro atoms. The average molecular weight is 273 g/mol. The van der Waals surface area contributed by atoms with E-state index in [9.17, 15) is 4.79 Å². The highest BCUT2D eigenvalue weighted by Gasteiger charge is 2.24. The minimum Gasteiger partial charge on any atom is -0.493 e. The lowest BCUT2D eigenvalue weighted by atomic mass is 9.99. The molecule has 0 bridgehead atoms. The second-order valence-electron chi connectivity index (χ2n) is 5.46. The number of nitrogens with zero attached hydrogens (tertiary/aromatic N) is 1. The molecule has 20 heavy (non-hydrogen) atoms. The Kier molecular flexibility index (Phi) is 3.38. The monoisotopic (exact) mass is 273 g/mol. The van der Waals surface area contributed by atoms with E-state index in [1.807, 2.05) is 23.1 Å². The third-order valence-electron chi connectivity index (χ3n) is 4.01. The van der Waals surface area contributed by atoms with Crippen molar-refractivity contribution >= 4 is 16.9 Å². The maximum atomic E-state index is 12.5. The van der Waals surface area contributed by atoms with Crippen LogP contribution in [0.2, 0.25) is 0 Å². The van der Waals surface area contributed by atoms with E-state index in [4.69, 9.17) is 9.15 Å². The van der Waals surface area contributed by atoms with E-state index in [1.165, 1.54) is 0 Å². The van der Waals surface area contributed by atoms with Crippen LogP contribution in [-0.2, 0) is 0 Å². The van der Waals surface area contributed by atoms with E-state index in [0.717, 1.165) is 31.3 Å². The van der Waals surface area contributed by atoms with Crippen molar-refractivity contribution in [3.05, 3.63) is 30.0 Å². The maximum Gasteiger partial charge on any atom is 0.289 e. The van der Waals surface area contributed by atoms with Gasteiger partial charge in [-0.3, -0.25) is 4.79 Å². The molecule has 0 aliphatic carbocycles. The summed E-state index contributed by atoms with van der Waals surface area (Å²) in [6.07, 6.45) is 2.13. The van der Waals surface area contributed by atoms with Crippen molar-refractivity contribution in [2.45, 2.75) is 19.8 Å². The zero-order valence-electron chi connectivity index (χ0n) is 11.9. The molecule has 4 heteroatoms. The number of furan rings is 1. The number of fused-ring (bicyclic) bond motifs is 1. The predicted molar refractivity (Wildman–Crippen MR) is 77.1 cm³/mol. The van der Waals surface area contributed by atoms with Gasteiger partial charge in [0.25, 0.3) is 5.91 Å². The van der Waals surface area contributed by atoms with Crippen LogP contribution >= 0.6 is 0 Å². The lowest BCUT2D eigenvalue weighted by Gasteiger charge is -2.29. The number of piperidine rings is 1. The van der Waals surface area contributed by atoms with Gasteiger partial charge in [0.2, 0.25) is 0 Å². The number of amides is 1. The molecule has 0 atom stereocenters. The smallest absolute Gasteiger partial charge is 0.289 e. The Morgan fingerprint density at radius 2 is 2.10 bits per heavy atom. The fraction of sp³-hybridized carbons (Fsp3) is 0.438. The van der Waals surface area contributed by atoms with Crippen LogP contribution in [0.3, 0.4) is 0 Å². The van der Waals surface area contributed by atoms with Crippen molar-refractivity contribution in [3.63, 3.8) is 0 Å². The lowest BCUT2D eigenvalue weighted by Crippen LogP contribution is -2.37. The summed E-state index contributed by atoms with van der Waals surface area (Å²) in [6.45, 7) is 3.86. The number of carbonyl (C=O) groups excluding carboxylic acids is 1. The van der Waals surface area contributed by atoms with Gasteiger partial charge in [-0.15, -0.1) is 0 Å². The largest absolute Gasteiger partial charge is 0.493 e. The molecular formula is C16H19NO3. The van der Waals surface area contributed by atoms with Crippen LogP contribution in [0.15, 0.2) is 28.7 Å². The quantitative estimate of drug-likeness (QED) is 0.843. The fourth-order valence-electron chi connectivity index (χ4n) is 2.67. The van der Waals surface area contributed by atoms with Crippen LogP contribution in [0.4, 0.5) is 0 Å². The van der Waals surface area contributed by atoms with E-state index >= 15 is 0 Å². The number of carbonyl (C=O) groups is 1. The molecule has 1 fully saturated rings. The van der Waals surface area contributed by atoms with E-state index < -0.39 is 0 Å². The van der Waals surface area contributed by atoms with Crippen LogP contribution < -0.4 is 4.74 Å². The maximum absolute atomic E-state index is 12.5. The molecule has 0 radical (unpaired) electrons. The first-order chi connectivity index (χ1) is 9.69. The summed E-state index contributed by atoms with van der Waals surface area (Å²) in [4.78, 5) is 14.3. The summed E-state index contributed by atoms with van der Waals surface area (Å²) < 4.78 is 11.0. The van der Waals surface area contributed by atoms with Crippen molar-refractivity contribution in [3.8, 4) is 5.75 Å². The average Bonchev–Trinajstić information content (AvgIpc) is 2.91. The first-order valence-electron chi connectivity index (χ1n) is 7.05. The Labute approximate surface area is 118 Å². The summed E-state index contributed by atoms with van der Waals surface area (Å²) in [5.41, 5.74) is 0.642. The van der Waals surface area contributed by atoms with Gasteiger partial charge in [0.05, 0.1) is 7.11 Å². The first kappa shape index (κ1) is 13.0. The summed E-state index contributed by atoms with van der Waals surface area (Å²) in [6, 6.07) is 7.46. The third-order valence-corrected chi connectivity index (χ3v) is 4.01. The minimum atomic E-state index is -0.0184. The Hall–Kier alpha value is -1.97. The Bertz CT molecular complexity index is 624. The molecule has 1 aromatic heterocycles. The SMILES string of the molecule is COc1cccc2cc(C(=O)N3CCC(C)CC3)oc12. The summed E-state index contributed by atoms with van der Waals surface area (Å²) >= 11 is 0. The number of methoxy groups -OCH3 is 1. The van der Waals surface area contributed by atoms with Gasteiger partial charge in [0, 0.05) is 18.5 Å². The molecule has 2 aromatic rings. The summed E-state index contributed by atoms with van der Waals surface area (Å²) in [5.74, 6) is 1.75. The standard InChI is InChI=1S/C16H19NO3/c1-11-6-8-17(9-7-11)16(18)14-10-12-4-3-5-13(19-2)15(12)20-14/h3-5,10-11H,6-9H2,1-2H3. The van der Waals surface area contributed by atoms with Crippen molar-refractivity contribution in [2.75, 3.05) is 20.2 Å². The topological polar surface area (TPSA) is 42.7 Å². The number of hydrogen-bond donors (Lipinski definition) is 0. The van der Waals surface area contributed by atoms with Gasteiger partial charge < -0.3 is 14.1 Å². The molecular weight excluding hydrogens is 254 g/mol. The molecule has 1 aliphatic heterocycles. The van der Waals surface area contributed by atoms with Crippen LogP contribution in [0.1, 0.15) is 30.3 Å². The molecule has 1 aromatic carbocycles. The Morgan fingerprint density at radius 1 is 1.35 bits per heavy atom. The normalized spacial score (nSPS) is 16.6. The van der Waals surface area contributed by atoms with E-state index in [2.05, 4.69) is 6.92 Å². The number of para-hydroxylation sites is 1. The second-order valence-corrected chi connectivity index (χ2v) is 5.46. The van der Waals surface area contributed by atoms with E-state index in [1.54, 1.807) is 13.2 Å². The van der Waals surface area contributed by atoms with Gasteiger partial charge in [-0.2, -0.15) is 0 Å².